The van der Waals surface area contributed by atoms with E-state index in [1.165, 1.54) is 19.2 Å². The first-order valence-corrected chi connectivity index (χ1v) is 7.73. The van der Waals surface area contributed by atoms with Crippen LogP contribution in [0.3, 0.4) is 0 Å². The number of rotatable bonds is 4. The number of hydrogen-bond donors (Lipinski definition) is 0. The van der Waals surface area contributed by atoms with Gasteiger partial charge in [0, 0.05) is 5.03 Å². The van der Waals surface area contributed by atoms with Crippen molar-refractivity contribution in [2.75, 3.05) is 7.11 Å². The van der Waals surface area contributed by atoms with Crippen molar-refractivity contribution in [1.29, 1.82) is 0 Å². The van der Waals surface area contributed by atoms with Crippen molar-refractivity contribution in [3.05, 3.63) is 34.9 Å². The van der Waals surface area contributed by atoms with Gasteiger partial charge in [-0.1, -0.05) is 49.2 Å². The van der Waals surface area contributed by atoms with Gasteiger partial charge in [0.2, 0.25) is 0 Å². The Morgan fingerprint density at radius 2 is 1.96 bits per heavy atom. The van der Waals surface area contributed by atoms with Crippen LogP contribution in [0.25, 0.3) is 5.03 Å². The number of methoxy groups -OCH3 is 1. The Kier molecular flexibility index (Phi) is 5.11. The lowest BCUT2D eigenvalue weighted by molar-refractivity contribution is -0.274. The molecule has 132 valence electrons. The molecular formula is C16H15Cl2F3O3. The first-order valence-electron chi connectivity index (χ1n) is 6.98. The van der Waals surface area contributed by atoms with Gasteiger partial charge in [-0.2, -0.15) is 0 Å². The highest BCUT2D eigenvalue weighted by Crippen LogP contribution is 2.60. The van der Waals surface area contributed by atoms with E-state index in [4.69, 9.17) is 27.9 Å². The number of carbonyl (C=O) groups excluding carboxylic acids is 1. The van der Waals surface area contributed by atoms with E-state index in [-0.39, 0.29) is 33.3 Å². The van der Waals surface area contributed by atoms with Crippen LogP contribution in [0.15, 0.2) is 24.3 Å². The SMILES string of the molecule is COC(=O)C1C(C=C(Cl)c2ccc(Cl)c(OC(F)(F)F)c2)C1(C)C. The largest absolute Gasteiger partial charge is 0.573 e. The highest BCUT2D eigenvalue weighted by Gasteiger charge is 2.61. The number of esters is 1. The summed E-state index contributed by atoms with van der Waals surface area (Å²) in [7, 11) is 1.30. The van der Waals surface area contributed by atoms with E-state index in [0.29, 0.717) is 5.56 Å². The van der Waals surface area contributed by atoms with Crippen LogP contribution in [-0.2, 0) is 9.53 Å². The minimum Gasteiger partial charge on any atom is -0.469 e. The van der Waals surface area contributed by atoms with Crippen molar-refractivity contribution in [1.82, 2.24) is 0 Å². The highest BCUT2D eigenvalue weighted by molar-refractivity contribution is 6.48. The maximum absolute atomic E-state index is 12.4. The molecule has 2 atom stereocenters. The molecule has 0 amide bonds. The van der Waals surface area contributed by atoms with Gasteiger partial charge in [0.1, 0.15) is 5.75 Å². The normalized spacial score (nSPS) is 22.9. The zero-order valence-electron chi connectivity index (χ0n) is 13.1. The first kappa shape index (κ1) is 18.9. The fraction of sp³-hybridized carbons (Fsp3) is 0.438. The van der Waals surface area contributed by atoms with Crippen molar-refractivity contribution in [2.45, 2.75) is 20.2 Å². The van der Waals surface area contributed by atoms with Gasteiger partial charge >= 0.3 is 12.3 Å². The first-order chi connectivity index (χ1) is 11.0. The summed E-state index contributed by atoms with van der Waals surface area (Å²) in [6.07, 6.45) is -3.21. The Balaban J connectivity index is 2.26. The van der Waals surface area contributed by atoms with Gasteiger partial charge in [-0.25, -0.2) is 0 Å². The van der Waals surface area contributed by atoms with Crippen molar-refractivity contribution >= 4 is 34.2 Å². The number of allylic oxidation sites excluding steroid dienone is 1. The van der Waals surface area contributed by atoms with E-state index >= 15 is 0 Å². The fourth-order valence-electron chi connectivity index (χ4n) is 2.67. The zero-order chi connectivity index (χ0) is 18.3. The van der Waals surface area contributed by atoms with Crippen LogP contribution in [0.1, 0.15) is 19.4 Å². The van der Waals surface area contributed by atoms with Gasteiger partial charge in [0.25, 0.3) is 0 Å². The quantitative estimate of drug-likeness (QED) is 0.665. The van der Waals surface area contributed by atoms with E-state index in [1.54, 1.807) is 6.08 Å². The number of alkyl halides is 3. The Labute approximate surface area is 147 Å². The van der Waals surface area contributed by atoms with Crippen LogP contribution in [0, 0.1) is 17.3 Å². The fourth-order valence-corrected chi connectivity index (χ4v) is 3.08. The number of hydrogen-bond acceptors (Lipinski definition) is 3. The average Bonchev–Trinajstić information content (AvgIpc) is 2.99. The summed E-state index contributed by atoms with van der Waals surface area (Å²) in [5.74, 6) is -1.38. The van der Waals surface area contributed by atoms with E-state index < -0.39 is 12.1 Å². The van der Waals surface area contributed by atoms with Crippen molar-refractivity contribution in [2.24, 2.45) is 17.3 Å². The second-order valence-corrected chi connectivity index (χ2v) is 6.87. The van der Waals surface area contributed by atoms with Gasteiger partial charge < -0.3 is 9.47 Å². The molecule has 1 aliphatic carbocycles. The molecule has 24 heavy (non-hydrogen) atoms. The molecule has 0 saturated heterocycles. The molecule has 0 bridgehead atoms. The van der Waals surface area contributed by atoms with Gasteiger partial charge in [-0.3, -0.25) is 4.79 Å². The molecule has 0 aliphatic heterocycles. The lowest BCUT2D eigenvalue weighted by atomic mass is 10.1. The maximum atomic E-state index is 12.4. The Morgan fingerprint density at radius 1 is 1.33 bits per heavy atom. The molecule has 1 aromatic carbocycles. The van der Waals surface area contributed by atoms with Gasteiger partial charge in [0.15, 0.2) is 0 Å². The molecule has 0 spiro atoms. The molecule has 0 heterocycles. The summed E-state index contributed by atoms with van der Waals surface area (Å²) < 4.78 is 45.7. The van der Waals surface area contributed by atoms with E-state index in [9.17, 15) is 18.0 Å². The van der Waals surface area contributed by atoms with Crippen LogP contribution in [0.2, 0.25) is 5.02 Å². The van der Waals surface area contributed by atoms with Crippen LogP contribution in [0.4, 0.5) is 13.2 Å². The van der Waals surface area contributed by atoms with Gasteiger partial charge in [0.05, 0.1) is 18.1 Å². The number of halogens is 5. The third-order valence-electron chi connectivity index (χ3n) is 4.12. The standard InChI is InChI=1S/C16H15Cl2F3O3/c1-15(2)9(13(15)14(22)23-3)7-11(18)8-4-5-10(17)12(6-8)24-16(19,20)21/h4-7,9,13H,1-3H3. The number of ether oxygens (including phenoxy) is 2. The molecule has 2 rings (SSSR count). The second-order valence-electron chi connectivity index (χ2n) is 6.06. The highest BCUT2D eigenvalue weighted by atomic mass is 35.5. The summed E-state index contributed by atoms with van der Waals surface area (Å²) in [5.41, 5.74) is -0.0167. The molecule has 0 radical (unpaired) electrons. The molecule has 1 fully saturated rings. The Morgan fingerprint density at radius 3 is 2.50 bits per heavy atom. The van der Waals surface area contributed by atoms with Crippen LogP contribution in [-0.4, -0.2) is 19.4 Å². The van der Waals surface area contributed by atoms with Crippen molar-refractivity contribution in [3.8, 4) is 5.75 Å². The topological polar surface area (TPSA) is 35.5 Å². The lowest BCUT2D eigenvalue weighted by Crippen LogP contribution is -2.17. The Hall–Kier alpha value is -1.40. The molecule has 1 aliphatic rings. The molecular weight excluding hydrogens is 368 g/mol. The van der Waals surface area contributed by atoms with E-state index in [1.807, 2.05) is 13.8 Å². The Bertz CT molecular complexity index is 684. The van der Waals surface area contributed by atoms with E-state index in [0.717, 1.165) is 6.07 Å². The van der Waals surface area contributed by atoms with Crippen LogP contribution >= 0.6 is 23.2 Å². The van der Waals surface area contributed by atoms with Crippen LogP contribution in [0.5, 0.6) is 5.75 Å². The van der Waals surface area contributed by atoms with Gasteiger partial charge in [-0.15, -0.1) is 13.2 Å². The summed E-state index contributed by atoms with van der Waals surface area (Å²) in [6.45, 7) is 3.78. The summed E-state index contributed by atoms with van der Waals surface area (Å²) >= 11 is 11.9. The molecule has 3 nitrogen and oxygen atoms in total. The minimum absolute atomic E-state index is 0.167. The summed E-state index contributed by atoms with van der Waals surface area (Å²) in [5, 5.41) is 0.0305. The second kappa shape index (κ2) is 6.48. The zero-order valence-corrected chi connectivity index (χ0v) is 14.6. The average molecular weight is 383 g/mol. The maximum Gasteiger partial charge on any atom is 0.573 e. The van der Waals surface area contributed by atoms with Crippen LogP contribution < -0.4 is 4.74 Å². The third kappa shape index (κ3) is 3.98. The van der Waals surface area contributed by atoms with E-state index in [2.05, 4.69) is 4.74 Å². The minimum atomic E-state index is -4.85. The molecule has 0 aromatic heterocycles. The molecule has 0 N–H and O–H groups in total. The molecule has 2 unspecified atom stereocenters. The lowest BCUT2D eigenvalue weighted by Gasteiger charge is -2.11. The molecule has 1 saturated carbocycles. The monoisotopic (exact) mass is 382 g/mol. The smallest absolute Gasteiger partial charge is 0.469 e. The number of benzene rings is 1. The summed E-state index contributed by atoms with van der Waals surface area (Å²) in [6, 6.07) is 3.86. The summed E-state index contributed by atoms with van der Waals surface area (Å²) in [4.78, 5) is 11.7. The third-order valence-corrected chi connectivity index (χ3v) is 4.78. The molecule has 8 heteroatoms. The van der Waals surface area contributed by atoms with Gasteiger partial charge in [-0.05, 0) is 29.0 Å². The molecule has 1 aromatic rings. The predicted octanol–water partition coefficient (Wildman–Crippen LogP) is 5.26. The van der Waals surface area contributed by atoms with Crippen molar-refractivity contribution in [3.63, 3.8) is 0 Å². The number of carbonyl (C=O) groups is 1. The van der Waals surface area contributed by atoms with Crippen molar-refractivity contribution < 1.29 is 27.4 Å². The predicted molar refractivity (Wildman–Crippen MR) is 84.7 cm³/mol.